The molecule has 7 heteroatoms. The largest absolute Gasteiger partial charge is 0.453 e. The number of anilines is 1. The minimum Gasteiger partial charge on any atom is -0.453 e. The van der Waals surface area contributed by atoms with Crippen molar-refractivity contribution in [2.24, 2.45) is 0 Å². The zero-order valence-corrected chi connectivity index (χ0v) is 16.2. The van der Waals surface area contributed by atoms with Crippen molar-refractivity contribution in [1.29, 1.82) is 0 Å². The highest BCUT2D eigenvalue weighted by molar-refractivity contribution is 6.30. The van der Waals surface area contributed by atoms with Crippen molar-refractivity contribution in [3.05, 3.63) is 101 Å². The second-order valence-electron chi connectivity index (χ2n) is 6.90. The average Bonchev–Trinajstić information content (AvgIpc) is 2.81. The lowest BCUT2D eigenvalue weighted by Crippen LogP contribution is -2.27. The van der Waals surface area contributed by atoms with Gasteiger partial charge in [0.25, 0.3) is 5.91 Å². The number of nitrogens with one attached hydrogen (secondary N) is 1. The summed E-state index contributed by atoms with van der Waals surface area (Å²) in [7, 11) is 0. The lowest BCUT2D eigenvalue weighted by Gasteiger charge is -2.20. The van der Waals surface area contributed by atoms with Gasteiger partial charge in [0.1, 0.15) is 0 Å². The first-order chi connectivity index (χ1) is 15.0. The quantitative estimate of drug-likeness (QED) is 0.485. The number of esters is 1. The standard InChI is InChI=1S/C24H17NO6/c26-19(13-31-24(30)21(27)14-7-2-1-3-8-14)25-18-12-6-11-17-20(18)23(29)16-10-5-4-9-15(16)22(17)28/h1-12,21,27H,13H2,(H,25,26)/t21-/m0/s1. The molecule has 3 aromatic carbocycles. The smallest absolute Gasteiger partial charge is 0.340 e. The van der Waals surface area contributed by atoms with Gasteiger partial charge >= 0.3 is 5.97 Å². The summed E-state index contributed by atoms with van der Waals surface area (Å²) in [5, 5.41) is 12.5. The fourth-order valence-corrected chi connectivity index (χ4v) is 3.42. The van der Waals surface area contributed by atoms with Gasteiger partial charge in [-0.2, -0.15) is 0 Å². The average molecular weight is 415 g/mol. The Hall–Kier alpha value is -4.10. The number of carbonyl (C=O) groups is 4. The van der Waals surface area contributed by atoms with E-state index >= 15 is 0 Å². The van der Waals surface area contributed by atoms with E-state index in [1.165, 1.54) is 12.1 Å². The molecule has 0 unspecified atom stereocenters. The molecule has 1 atom stereocenters. The molecule has 31 heavy (non-hydrogen) atoms. The van der Waals surface area contributed by atoms with E-state index in [1.54, 1.807) is 60.7 Å². The fourth-order valence-electron chi connectivity index (χ4n) is 3.42. The SMILES string of the molecule is O=C(COC(=O)[C@@H](O)c1ccccc1)Nc1cccc2c1C(=O)c1ccccc1C2=O. The van der Waals surface area contributed by atoms with Crippen LogP contribution in [0.4, 0.5) is 5.69 Å². The van der Waals surface area contributed by atoms with Crippen molar-refractivity contribution < 1.29 is 29.0 Å². The molecule has 7 nitrogen and oxygen atoms in total. The molecule has 0 fully saturated rings. The number of amides is 1. The maximum absolute atomic E-state index is 12.9. The number of rotatable bonds is 5. The molecule has 0 spiro atoms. The molecule has 3 aromatic rings. The highest BCUT2D eigenvalue weighted by Gasteiger charge is 2.31. The van der Waals surface area contributed by atoms with Crippen molar-refractivity contribution in [2.75, 3.05) is 11.9 Å². The van der Waals surface area contributed by atoms with Crippen LogP contribution in [0, 0.1) is 0 Å². The van der Waals surface area contributed by atoms with Crippen LogP contribution in [-0.4, -0.2) is 35.2 Å². The summed E-state index contributed by atoms with van der Waals surface area (Å²) < 4.78 is 4.89. The number of fused-ring (bicyclic) bond motifs is 2. The Kier molecular flexibility index (Phi) is 5.43. The van der Waals surface area contributed by atoms with E-state index in [-0.39, 0.29) is 33.9 Å². The highest BCUT2D eigenvalue weighted by atomic mass is 16.5. The molecule has 0 bridgehead atoms. The van der Waals surface area contributed by atoms with Gasteiger partial charge in [-0.3, -0.25) is 14.4 Å². The minimum atomic E-state index is -1.52. The molecule has 0 saturated carbocycles. The van der Waals surface area contributed by atoms with Crippen LogP contribution in [0.5, 0.6) is 0 Å². The van der Waals surface area contributed by atoms with Crippen molar-refractivity contribution >= 4 is 29.1 Å². The van der Waals surface area contributed by atoms with Crippen molar-refractivity contribution in [3.63, 3.8) is 0 Å². The molecule has 0 aromatic heterocycles. The first kappa shape index (κ1) is 20.2. The molecule has 154 valence electrons. The molecule has 1 aliphatic rings. The van der Waals surface area contributed by atoms with Gasteiger partial charge in [0, 0.05) is 16.7 Å². The number of ketones is 2. The number of aliphatic hydroxyl groups excluding tert-OH is 1. The van der Waals surface area contributed by atoms with Crippen molar-refractivity contribution in [2.45, 2.75) is 6.10 Å². The topological polar surface area (TPSA) is 110 Å². The summed E-state index contributed by atoms with van der Waals surface area (Å²) in [6.07, 6.45) is -1.52. The number of carbonyl (C=O) groups excluding carboxylic acids is 4. The monoisotopic (exact) mass is 415 g/mol. The fraction of sp³-hybridized carbons (Fsp3) is 0.0833. The Labute approximate surface area is 177 Å². The van der Waals surface area contributed by atoms with E-state index < -0.39 is 24.6 Å². The van der Waals surface area contributed by atoms with E-state index in [9.17, 15) is 24.3 Å². The second kappa shape index (κ2) is 8.33. The van der Waals surface area contributed by atoms with Crippen LogP contribution in [0.2, 0.25) is 0 Å². The highest BCUT2D eigenvalue weighted by Crippen LogP contribution is 2.31. The van der Waals surface area contributed by atoms with Gasteiger partial charge in [-0.25, -0.2) is 4.79 Å². The molecule has 0 aliphatic heterocycles. The third-order valence-corrected chi connectivity index (χ3v) is 4.91. The summed E-state index contributed by atoms with van der Waals surface area (Å²) in [6, 6.07) is 19.2. The molecule has 1 amide bonds. The van der Waals surface area contributed by atoms with E-state index in [0.717, 1.165) is 0 Å². The summed E-state index contributed by atoms with van der Waals surface area (Å²) in [5.41, 5.74) is 1.35. The zero-order chi connectivity index (χ0) is 22.0. The Morgan fingerprint density at radius 1 is 0.806 bits per heavy atom. The van der Waals surface area contributed by atoms with Crippen LogP contribution in [0.3, 0.4) is 0 Å². The predicted molar refractivity (Wildman–Crippen MR) is 111 cm³/mol. The van der Waals surface area contributed by atoms with Gasteiger partial charge in [-0.15, -0.1) is 0 Å². The first-order valence-corrected chi connectivity index (χ1v) is 9.48. The molecule has 4 rings (SSSR count). The molecule has 0 radical (unpaired) electrons. The molecular formula is C24H17NO6. The van der Waals surface area contributed by atoms with Gasteiger partial charge < -0.3 is 15.2 Å². The van der Waals surface area contributed by atoms with Crippen LogP contribution in [0.25, 0.3) is 0 Å². The molecule has 2 N–H and O–H groups in total. The van der Waals surface area contributed by atoms with E-state index in [4.69, 9.17) is 4.74 Å². The maximum Gasteiger partial charge on any atom is 0.340 e. The zero-order valence-electron chi connectivity index (χ0n) is 16.2. The summed E-state index contributed by atoms with van der Waals surface area (Å²) in [4.78, 5) is 50.0. The number of hydrogen-bond acceptors (Lipinski definition) is 6. The minimum absolute atomic E-state index is 0.0928. The van der Waals surface area contributed by atoms with Crippen LogP contribution in [-0.2, 0) is 14.3 Å². The third kappa shape index (κ3) is 3.86. The van der Waals surface area contributed by atoms with Gasteiger partial charge in [0.15, 0.2) is 24.3 Å². The van der Waals surface area contributed by atoms with E-state index in [1.807, 2.05) is 0 Å². The Bertz CT molecular complexity index is 1200. The van der Waals surface area contributed by atoms with Gasteiger partial charge in [0.05, 0.1) is 11.3 Å². The van der Waals surface area contributed by atoms with E-state index in [0.29, 0.717) is 11.1 Å². The number of ether oxygens (including phenoxy) is 1. The first-order valence-electron chi connectivity index (χ1n) is 9.48. The lowest BCUT2D eigenvalue weighted by atomic mass is 9.83. The molecule has 0 heterocycles. The lowest BCUT2D eigenvalue weighted by molar-refractivity contribution is -0.156. The number of aliphatic hydroxyl groups is 1. The predicted octanol–water partition coefficient (Wildman–Crippen LogP) is 2.68. The van der Waals surface area contributed by atoms with Crippen LogP contribution in [0.15, 0.2) is 72.8 Å². The normalized spacial score (nSPS) is 13.1. The number of benzene rings is 3. The van der Waals surface area contributed by atoms with Crippen LogP contribution >= 0.6 is 0 Å². The summed E-state index contributed by atoms with van der Waals surface area (Å²) in [5.74, 6) is -2.37. The summed E-state index contributed by atoms with van der Waals surface area (Å²) >= 11 is 0. The van der Waals surface area contributed by atoms with Gasteiger partial charge in [-0.05, 0) is 11.6 Å². The Balaban J connectivity index is 1.48. The molecule has 1 aliphatic carbocycles. The summed E-state index contributed by atoms with van der Waals surface area (Å²) in [6.45, 7) is -0.662. The molecule has 0 saturated heterocycles. The van der Waals surface area contributed by atoms with Gasteiger partial charge in [-0.1, -0.05) is 66.7 Å². The third-order valence-electron chi connectivity index (χ3n) is 4.91. The van der Waals surface area contributed by atoms with Crippen molar-refractivity contribution in [3.8, 4) is 0 Å². The van der Waals surface area contributed by atoms with Crippen LogP contribution in [0.1, 0.15) is 43.5 Å². The Morgan fingerprint density at radius 3 is 2.13 bits per heavy atom. The second-order valence-corrected chi connectivity index (χ2v) is 6.90. The Morgan fingerprint density at radius 2 is 1.42 bits per heavy atom. The number of hydrogen-bond donors (Lipinski definition) is 2. The maximum atomic E-state index is 12.9. The van der Waals surface area contributed by atoms with Crippen LogP contribution < -0.4 is 5.32 Å². The van der Waals surface area contributed by atoms with Crippen molar-refractivity contribution in [1.82, 2.24) is 0 Å². The molecular weight excluding hydrogens is 398 g/mol. The van der Waals surface area contributed by atoms with Gasteiger partial charge in [0.2, 0.25) is 0 Å². The van der Waals surface area contributed by atoms with E-state index in [2.05, 4.69) is 5.32 Å².